The molecule has 0 fully saturated rings. The lowest BCUT2D eigenvalue weighted by atomic mass is 10.1. The van der Waals surface area contributed by atoms with E-state index in [1.165, 1.54) is 15.9 Å². The molecule has 2 aromatic carbocycles. The highest BCUT2D eigenvalue weighted by atomic mass is 35.5. The predicted octanol–water partition coefficient (Wildman–Crippen LogP) is 5.58. The summed E-state index contributed by atoms with van der Waals surface area (Å²) in [4.78, 5) is 29.5. The highest BCUT2D eigenvalue weighted by Crippen LogP contribution is 2.34. The van der Waals surface area contributed by atoms with E-state index >= 15 is 0 Å². The van der Waals surface area contributed by atoms with Gasteiger partial charge in [-0.05, 0) is 80.1 Å². The van der Waals surface area contributed by atoms with E-state index < -0.39 is 0 Å². The van der Waals surface area contributed by atoms with Crippen LogP contribution in [0.1, 0.15) is 42.2 Å². The molecule has 0 spiro atoms. The number of benzene rings is 2. The lowest BCUT2D eigenvalue weighted by Crippen LogP contribution is -2.39. The molecule has 0 atom stereocenters. The van der Waals surface area contributed by atoms with Crippen molar-refractivity contribution in [3.05, 3.63) is 90.4 Å². The van der Waals surface area contributed by atoms with E-state index in [1.54, 1.807) is 40.2 Å². The fourth-order valence-corrected chi connectivity index (χ4v) is 6.04. The summed E-state index contributed by atoms with van der Waals surface area (Å²) in [6, 6.07) is 14.6. The minimum Gasteiger partial charge on any atom is -0.494 e. The Bertz CT molecular complexity index is 1420. The second kappa shape index (κ2) is 9.20. The van der Waals surface area contributed by atoms with Crippen LogP contribution < -0.4 is 16.0 Å². The molecule has 2 aromatic heterocycles. The molecule has 5 nitrogen and oxygen atoms in total. The van der Waals surface area contributed by atoms with Crippen LogP contribution in [0.3, 0.4) is 0 Å². The lowest BCUT2D eigenvalue weighted by molar-refractivity contribution is 0.340. The van der Waals surface area contributed by atoms with Crippen molar-refractivity contribution in [3.63, 3.8) is 0 Å². The second-order valence-electron chi connectivity index (χ2n) is 8.31. The standard InChI is InChI=1S/C26H25ClN2O3S/c1-2-32-20-14-12-19(13-15-20)29-24(30)23-21-6-4-3-5-7-22(21)33-25(23)28(26(29)31)16-17-8-10-18(27)11-9-17/h8-15H,2-7,16H2,1H3. The Kier molecular flexibility index (Phi) is 6.13. The molecular weight excluding hydrogens is 456 g/mol. The molecule has 1 aliphatic rings. The summed E-state index contributed by atoms with van der Waals surface area (Å²) < 4.78 is 8.59. The van der Waals surface area contributed by atoms with Gasteiger partial charge in [-0.1, -0.05) is 30.2 Å². The van der Waals surface area contributed by atoms with Crippen molar-refractivity contribution in [2.45, 2.75) is 45.6 Å². The highest BCUT2D eigenvalue weighted by molar-refractivity contribution is 7.18. The van der Waals surface area contributed by atoms with Gasteiger partial charge in [0.25, 0.3) is 5.56 Å². The number of halogens is 1. The Morgan fingerprint density at radius 2 is 1.70 bits per heavy atom. The van der Waals surface area contributed by atoms with E-state index in [9.17, 15) is 9.59 Å². The maximum atomic E-state index is 13.8. The zero-order valence-corrected chi connectivity index (χ0v) is 20.0. The molecule has 2 heterocycles. The Hall–Kier alpha value is -2.83. The predicted molar refractivity (Wildman–Crippen MR) is 135 cm³/mol. The highest BCUT2D eigenvalue weighted by Gasteiger charge is 2.23. The topological polar surface area (TPSA) is 53.2 Å². The Balaban J connectivity index is 1.76. The molecule has 170 valence electrons. The molecule has 7 heteroatoms. The van der Waals surface area contributed by atoms with Gasteiger partial charge in [0, 0.05) is 9.90 Å². The van der Waals surface area contributed by atoms with Crippen molar-refractivity contribution < 1.29 is 4.74 Å². The van der Waals surface area contributed by atoms with Gasteiger partial charge < -0.3 is 4.74 Å². The molecule has 0 saturated carbocycles. The summed E-state index contributed by atoms with van der Waals surface area (Å²) >= 11 is 7.67. The van der Waals surface area contributed by atoms with E-state index in [0.717, 1.165) is 41.6 Å². The second-order valence-corrected chi connectivity index (χ2v) is 9.83. The number of thiophene rings is 1. The summed E-state index contributed by atoms with van der Waals surface area (Å²) in [5.74, 6) is 0.710. The van der Waals surface area contributed by atoms with E-state index in [-0.39, 0.29) is 11.2 Å². The molecule has 0 bridgehead atoms. The van der Waals surface area contributed by atoms with Gasteiger partial charge in [0.05, 0.1) is 24.2 Å². The maximum Gasteiger partial charge on any atom is 0.337 e. The zero-order valence-electron chi connectivity index (χ0n) is 18.5. The Morgan fingerprint density at radius 1 is 0.970 bits per heavy atom. The van der Waals surface area contributed by atoms with E-state index in [1.807, 2.05) is 31.2 Å². The van der Waals surface area contributed by atoms with E-state index in [0.29, 0.717) is 35.0 Å². The minimum atomic E-state index is -0.331. The van der Waals surface area contributed by atoms with Crippen LogP contribution in [0.5, 0.6) is 5.75 Å². The van der Waals surface area contributed by atoms with Crippen LogP contribution in [0, 0.1) is 0 Å². The average molecular weight is 481 g/mol. The summed E-state index contributed by atoms with van der Waals surface area (Å²) in [7, 11) is 0. The molecule has 0 amide bonds. The van der Waals surface area contributed by atoms with E-state index in [4.69, 9.17) is 16.3 Å². The van der Waals surface area contributed by atoms with E-state index in [2.05, 4.69) is 0 Å². The summed E-state index contributed by atoms with van der Waals surface area (Å²) in [6.07, 6.45) is 5.20. The van der Waals surface area contributed by atoms with Crippen molar-refractivity contribution in [2.24, 2.45) is 0 Å². The normalized spacial score (nSPS) is 13.6. The van der Waals surface area contributed by atoms with Crippen LogP contribution in [-0.2, 0) is 19.4 Å². The van der Waals surface area contributed by atoms with Gasteiger partial charge in [-0.3, -0.25) is 9.36 Å². The third kappa shape index (κ3) is 4.13. The maximum absolute atomic E-state index is 13.8. The fourth-order valence-electron chi connectivity index (χ4n) is 4.54. The number of hydrogen-bond acceptors (Lipinski definition) is 4. The smallest absolute Gasteiger partial charge is 0.337 e. The van der Waals surface area contributed by atoms with Crippen molar-refractivity contribution in [1.82, 2.24) is 9.13 Å². The van der Waals surface area contributed by atoms with Crippen LogP contribution in [-0.4, -0.2) is 15.7 Å². The van der Waals surface area contributed by atoms with Crippen LogP contribution in [0.4, 0.5) is 0 Å². The van der Waals surface area contributed by atoms with Crippen LogP contribution in [0.2, 0.25) is 5.02 Å². The minimum absolute atomic E-state index is 0.231. The van der Waals surface area contributed by atoms with Crippen LogP contribution in [0.15, 0.2) is 58.1 Å². The van der Waals surface area contributed by atoms with Gasteiger partial charge in [0.1, 0.15) is 10.6 Å². The van der Waals surface area contributed by atoms with Gasteiger partial charge in [-0.25, -0.2) is 9.36 Å². The van der Waals surface area contributed by atoms with Crippen molar-refractivity contribution in [3.8, 4) is 11.4 Å². The zero-order chi connectivity index (χ0) is 22.9. The number of hydrogen-bond donors (Lipinski definition) is 0. The first-order valence-electron chi connectivity index (χ1n) is 11.3. The average Bonchev–Trinajstić information content (AvgIpc) is 3.02. The molecule has 5 rings (SSSR count). The van der Waals surface area contributed by atoms with Crippen LogP contribution in [0.25, 0.3) is 15.9 Å². The van der Waals surface area contributed by atoms with Crippen LogP contribution >= 0.6 is 22.9 Å². The van der Waals surface area contributed by atoms with Gasteiger partial charge in [0.15, 0.2) is 0 Å². The number of aromatic nitrogens is 2. The van der Waals surface area contributed by atoms with Gasteiger partial charge >= 0.3 is 5.69 Å². The quantitative estimate of drug-likeness (QED) is 0.350. The summed E-state index contributed by atoms with van der Waals surface area (Å²) in [5, 5.41) is 1.35. The molecule has 0 N–H and O–H groups in total. The summed E-state index contributed by atoms with van der Waals surface area (Å²) in [6.45, 7) is 2.85. The largest absolute Gasteiger partial charge is 0.494 e. The molecule has 4 aromatic rings. The van der Waals surface area contributed by atoms with Crippen molar-refractivity contribution in [1.29, 1.82) is 0 Å². The van der Waals surface area contributed by atoms with Gasteiger partial charge in [-0.15, -0.1) is 11.3 Å². The monoisotopic (exact) mass is 480 g/mol. The Morgan fingerprint density at radius 3 is 2.42 bits per heavy atom. The third-order valence-corrected chi connectivity index (χ3v) is 7.71. The molecule has 0 aliphatic heterocycles. The fraction of sp³-hybridized carbons (Fsp3) is 0.308. The third-order valence-electron chi connectivity index (χ3n) is 6.15. The number of fused-ring (bicyclic) bond motifs is 3. The molecule has 1 aliphatic carbocycles. The first-order valence-corrected chi connectivity index (χ1v) is 12.5. The number of aryl methyl sites for hydroxylation is 2. The number of nitrogens with zero attached hydrogens (tertiary/aromatic N) is 2. The van der Waals surface area contributed by atoms with Gasteiger partial charge in [-0.2, -0.15) is 0 Å². The van der Waals surface area contributed by atoms with Gasteiger partial charge in [0.2, 0.25) is 0 Å². The van der Waals surface area contributed by atoms with Crippen molar-refractivity contribution >= 4 is 33.2 Å². The molecule has 0 saturated heterocycles. The molecule has 0 radical (unpaired) electrons. The molecule has 0 unspecified atom stereocenters. The number of rotatable bonds is 5. The van der Waals surface area contributed by atoms with Crippen molar-refractivity contribution in [2.75, 3.05) is 6.61 Å². The first kappa shape index (κ1) is 22.0. The Labute approximate surface area is 200 Å². The number of ether oxygens (including phenoxy) is 1. The SMILES string of the molecule is CCOc1ccc(-n2c(=O)c3c4c(sc3n(Cc3ccc(Cl)cc3)c2=O)CCCCC4)cc1. The molecule has 33 heavy (non-hydrogen) atoms. The first-order chi connectivity index (χ1) is 16.1. The molecular formula is C26H25ClN2O3S. The lowest BCUT2D eigenvalue weighted by Gasteiger charge is -2.13. The summed E-state index contributed by atoms with van der Waals surface area (Å²) in [5.41, 5.74) is 2.08.